The minimum Gasteiger partial charge on any atom is -0.393 e. The Labute approximate surface area is 99.2 Å². The van der Waals surface area contributed by atoms with E-state index in [0.717, 1.165) is 31.5 Å². The molecule has 15 heavy (non-hydrogen) atoms. The van der Waals surface area contributed by atoms with Crippen molar-refractivity contribution in [1.82, 2.24) is 4.90 Å². The first kappa shape index (κ1) is 12.9. The summed E-state index contributed by atoms with van der Waals surface area (Å²) >= 11 is 4.93. The number of nitrogens with two attached hydrogens (primary N) is 1. The van der Waals surface area contributed by atoms with Crippen LogP contribution < -0.4 is 5.73 Å². The summed E-state index contributed by atoms with van der Waals surface area (Å²) in [6, 6.07) is 0.778. The van der Waals surface area contributed by atoms with E-state index < -0.39 is 0 Å². The highest BCUT2D eigenvalue weighted by atomic mass is 32.1. The summed E-state index contributed by atoms with van der Waals surface area (Å²) in [6.45, 7) is 6.77. The van der Waals surface area contributed by atoms with E-state index in [9.17, 15) is 0 Å². The van der Waals surface area contributed by atoms with Crippen LogP contribution in [0.25, 0.3) is 0 Å². The average molecular weight is 228 g/mol. The van der Waals surface area contributed by atoms with E-state index in [1.54, 1.807) is 0 Å². The van der Waals surface area contributed by atoms with E-state index in [1.807, 2.05) is 0 Å². The third kappa shape index (κ3) is 4.47. The second-order valence-corrected chi connectivity index (χ2v) is 5.28. The van der Waals surface area contributed by atoms with Crippen LogP contribution in [0.15, 0.2) is 0 Å². The number of hydrogen-bond donors (Lipinski definition) is 1. The van der Waals surface area contributed by atoms with Crippen molar-refractivity contribution in [2.45, 2.75) is 52.0 Å². The normalized spacial score (nSPS) is 26.9. The third-order valence-electron chi connectivity index (χ3n) is 3.55. The topological polar surface area (TPSA) is 29.3 Å². The maximum Gasteiger partial charge on any atom is 0.0740 e. The van der Waals surface area contributed by atoms with E-state index >= 15 is 0 Å². The molecule has 0 aromatic carbocycles. The molecule has 0 heterocycles. The largest absolute Gasteiger partial charge is 0.393 e. The Morgan fingerprint density at radius 1 is 1.33 bits per heavy atom. The van der Waals surface area contributed by atoms with E-state index in [1.165, 1.54) is 25.7 Å². The van der Waals surface area contributed by atoms with Crippen LogP contribution in [0, 0.1) is 5.92 Å². The summed E-state index contributed by atoms with van der Waals surface area (Å²) in [7, 11) is 0. The van der Waals surface area contributed by atoms with Crippen molar-refractivity contribution in [3.63, 3.8) is 0 Å². The molecule has 0 saturated heterocycles. The summed E-state index contributed by atoms with van der Waals surface area (Å²) < 4.78 is 0. The van der Waals surface area contributed by atoms with E-state index in [0.29, 0.717) is 4.99 Å². The summed E-state index contributed by atoms with van der Waals surface area (Å²) in [5.41, 5.74) is 5.55. The molecule has 1 saturated carbocycles. The van der Waals surface area contributed by atoms with Crippen molar-refractivity contribution in [2.24, 2.45) is 11.7 Å². The standard InChI is InChI=1S/C12H24N2S/c1-3-14(9-8-12(13)15)11-6-4-10(2)5-7-11/h10-11H,3-9H2,1-2H3,(H2,13,15). The third-order valence-corrected chi connectivity index (χ3v) is 3.76. The molecule has 1 rings (SSSR count). The van der Waals surface area contributed by atoms with Gasteiger partial charge in [-0.3, -0.25) is 0 Å². The molecule has 2 N–H and O–H groups in total. The summed E-state index contributed by atoms with van der Waals surface area (Å²) in [5.74, 6) is 0.926. The van der Waals surface area contributed by atoms with Gasteiger partial charge in [0.15, 0.2) is 0 Å². The van der Waals surface area contributed by atoms with Crippen LogP contribution in [-0.4, -0.2) is 29.0 Å². The second kappa shape index (κ2) is 6.44. The van der Waals surface area contributed by atoms with Gasteiger partial charge in [-0.1, -0.05) is 26.1 Å². The quantitative estimate of drug-likeness (QED) is 0.733. The monoisotopic (exact) mass is 228 g/mol. The molecular weight excluding hydrogens is 204 g/mol. The fourth-order valence-corrected chi connectivity index (χ4v) is 2.55. The zero-order valence-corrected chi connectivity index (χ0v) is 10.9. The lowest BCUT2D eigenvalue weighted by Gasteiger charge is -2.35. The van der Waals surface area contributed by atoms with Crippen LogP contribution in [0.1, 0.15) is 46.0 Å². The minimum atomic E-state index is 0.651. The zero-order chi connectivity index (χ0) is 11.3. The van der Waals surface area contributed by atoms with Gasteiger partial charge in [0.05, 0.1) is 4.99 Å². The van der Waals surface area contributed by atoms with Crippen LogP contribution >= 0.6 is 12.2 Å². The molecule has 0 aliphatic heterocycles. The van der Waals surface area contributed by atoms with Gasteiger partial charge in [0.2, 0.25) is 0 Å². The van der Waals surface area contributed by atoms with Gasteiger partial charge in [0, 0.05) is 19.0 Å². The van der Waals surface area contributed by atoms with Crippen LogP contribution in [-0.2, 0) is 0 Å². The highest BCUT2D eigenvalue weighted by Gasteiger charge is 2.22. The Bertz CT molecular complexity index is 198. The smallest absolute Gasteiger partial charge is 0.0740 e. The molecule has 0 radical (unpaired) electrons. The van der Waals surface area contributed by atoms with Crippen molar-refractivity contribution in [3.05, 3.63) is 0 Å². The van der Waals surface area contributed by atoms with Gasteiger partial charge in [0.25, 0.3) is 0 Å². The summed E-state index contributed by atoms with van der Waals surface area (Å²) in [4.78, 5) is 3.20. The first-order valence-corrected chi connectivity index (χ1v) is 6.56. The predicted octanol–water partition coefficient (Wildman–Crippen LogP) is 2.56. The molecule has 88 valence electrons. The first-order chi connectivity index (χ1) is 7.13. The molecule has 0 unspecified atom stereocenters. The molecular formula is C12H24N2S. The molecule has 0 bridgehead atoms. The average Bonchev–Trinajstić information content (AvgIpc) is 2.21. The van der Waals surface area contributed by atoms with Crippen LogP contribution in [0.3, 0.4) is 0 Å². The molecule has 1 fully saturated rings. The lowest BCUT2D eigenvalue weighted by molar-refractivity contribution is 0.150. The van der Waals surface area contributed by atoms with E-state index in [4.69, 9.17) is 18.0 Å². The van der Waals surface area contributed by atoms with Gasteiger partial charge >= 0.3 is 0 Å². The number of hydrogen-bond acceptors (Lipinski definition) is 2. The lowest BCUT2D eigenvalue weighted by Crippen LogP contribution is -2.39. The number of nitrogens with zero attached hydrogens (tertiary/aromatic N) is 1. The fourth-order valence-electron chi connectivity index (χ4n) is 2.46. The van der Waals surface area contributed by atoms with Crippen molar-refractivity contribution in [1.29, 1.82) is 0 Å². The lowest BCUT2D eigenvalue weighted by atomic mass is 9.86. The van der Waals surface area contributed by atoms with E-state index in [-0.39, 0.29) is 0 Å². The molecule has 1 aliphatic rings. The minimum absolute atomic E-state index is 0.651. The molecule has 0 aromatic heterocycles. The maximum absolute atomic E-state index is 5.55. The predicted molar refractivity (Wildman–Crippen MR) is 70.1 cm³/mol. The first-order valence-electron chi connectivity index (χ1n) is 6.15. The maximum atomic E-state index is 5.55. The molecule has 0 atom stereocenters. The molecule has 1 aliphatic carbocycles. The SMILES string of the molecule is CCN(CCC(N)=S)C1CCC(C)CC1. The van der Waals surface area contributed by atoms with Gasteiger partial charge in [-0.15, -0.1) is 0 Å². The Hall–Kier alpha value is -0.150. The Morgan fingerprint density at radius 2 is 1.93 bits per heavy atom. The fraction of sp³-hybridized carbons (Fsp3) is 0.917. The van der Waals surface area contributed by atoms with Crippen molar-refractivity contribution >= 4 is 17.2 Å². The van der Waals surface area contributed by atoms with Gasteiger partial charge in [-0.25, -0.2) is 0 Å². The Kier molecular flexibility index (Phi) is 5.54. The van der Waals surface area contributed by atoms with Gasteiger partial charge < -0.3 is 10.6 Å². The number of rotatable bonds is 5. The molecule has 2 nitrogen and oxygen atoms in total. The van der Waals surface area contributed by atoms with Gasteiger partial charge in [-0.2, -0.15) is 0 Å². The molecule has 0 amide bonds. The van der Waals surface area contributed by atoms with Gasteiger partial charge in [0.1, 0.15) is 0 Å². The van der Waals surface area contributed by atoms with Crippen LogP contribution in [0.5, 0.6) is 0 Å². The molecule has 0 aromatic rings. The van der Waals surface area contributed by atoms with Crippen molar-refractivity contribution < 1.29 is 0 Å². The van der Waals surface area contributed by atoms with Crippen molar-refractivity contribution in [2.75, 3.05) is 13.1 Å². The number of thiocarbonyl (C=S) groups is 1. The van der Waals surface area contributed by atoms with Crippen LogP contribution in [0.2, 0.25) is 0 Å². The molecule has 0 spiro atoms. The zero-order valence-electron chi connectivity index (χ0n) is 10.0. The summed E-state index contributed by atoms with van der Waals surface area (Å²) in [6.07, 6.45) is 6.34. The Morgan fingerprint density at radius 3 is 2.40 bits per heavy atom. The Balaban J connectivity index is 2.34. The van der Waals surface area contributed by atoms with Crippen LogP contribution in [0.4, 0.5) is 0 Å². The van der Waals surface area contributed by atoms with Gasteiger partial charge in [-0.05, 0) is 38.1 Å². The summed E-state index contributed by atoms with van der Waals surface area (Å²) in [5, 5.41) is 0. The highest BCUT2D eigenvalue weighted by Crippen LogP contribution is 2.26. The molecule has 3 heteroatoms. The second-order valence-electron chi connectivity index (χ2n) is 4.76. The van der Waals surface area contributed by atoms with Crippen molar-refractivity contribution in [3.8, 4) is 0 Å². The highest BCUT2D eigenvalue weighted by molar-refractivity contribution is 7.80. The van der Waals surface area contributed by atoms with E-state index in [2.05, 4.69) is 18.7 Å².